The minimum atomic E-state index is -0.776. The number of H-pyrrole nitrogens is 1. The molecule has 10 heteroatoms. The smallest absolute Gasteiger partial charge is 0.266 e. The van der Waals surface area contributed by atoms with E-state index in [1.54, 1.807) is 18.2 Å². The Labute approximate surface area is 184 Å². The van der Waals surface area contributed by atoms with E-state index in [2.05, 4.69) is 20.9 Å². The number of benzene rings is 2. The molecule has 0 bridgehead atoms. The molecule has 0 aliphatic heterocycles. The average Bonchev–Trinajstić information content (AvgIpc) is 2.69. The second-order valence-electron chi connectivity index (χ2n) is 6.12. The number of hydrogen-bond donors (Lipinski definition) is 3. The quantitative estimate of drug-likeness (QED) is 0.480. The van der Waals surface area contributed by atoms with Crippen molar-refractivity contribution in [1.29, 1.82) is 0 Å². The van der Waals surface area contributed by atoms with Crippen molar-refractivity contribution in [2.24, 2.45) is 11.5 Å². The van der Waals surface area contributed by atoms with E-state index in [1.807, 2.05) is 0 Å². The Morgan fingerprint density at radius 2 is 1.90 bits per heavy atom. The number of carbonyl (C=O) groups excluding carboxylic acids is 1. The summed E-state index contributed by atoms with van der Waals surface area (Å²) < 4.78 is 32.9. The molecule has 3 aromatic rings. The maximum absolute atomic E-state index is 14.0. The first kappa shape index (κ1) is 23.5. The van der Waals surface area contributed by atoms with Crippen LogP contribution in [0.15, 0.2) is 51.7 Å². The Morgan fingerprint density at radius 3 is 2.53 bits per heavy atom. The third-order valence-corrected chi connectivity index (χ3v) is 4.94. The lowest BCUT2D eigenvalue weighted by Gasteiger charge is -2.17. The molecule has 2 aromatic carbocycles. The van der Waals surface area contributed by atoms with Crippen LogP contribution in [0.5, 0.6) is 5.75 Å². The van der Waals surface area contributed by atoms with Gasteiger partial charge >= 0.3 is 0 Å². The molecule has 1 aromatic heterocycles. The van der Waals surface area contributed by atoms with Crippen molar-refractivity contribution in [1.82, 2.24) is 4.98 Å². The van der Waals surface area contributed by atoms with Crippen molar-refractivity contribution in [2.45, 2.75) is 13.2 Å². The van der Waals surface area contributed by atoms with Gasteiger partial charge in [0.25, 0.3) is 5.56 Å². The van der Waals surface area contributed by atoms with Gasteiger partial charge in [-0.05, 0) is 45.8 Å². The zero-order chi connectivity index (χ0) is 21.1. The van der Waals surface area contributed by atoms with E-state index in [-0.39, 0.29) is 46.9 Å². The highest BCUT2D eigenvalue weighted by Crippen LogP contribution is 2.37. The van der Waals surface area contributed by atoms with Crippen LogP contribution in [-0.2, 0) is 13.2 Å². The number of aromatic amines is 1. The Kier molecular flexibility index (Phi) is 7.71. The van der Waals surface area contributed by atoms with E-state index >= 15 is 0 Å². The summed E-state index contributed by atoms with van der Waals surface area (Å²) in [6.07, 6.45) is 0. The Balaban J connectivity index is 0.00000320. The summed E-state index contributed by atoms with van der Waals surface area (Å²) >= 11 is 3.19. The SMILES string of the molecule is Cl.NCc1[nH]c(=O)c(Br)c(OCc2ccc(F)cc2F)c1-c1cccc(C(N)=O)c1. The zero-order valence-corrected chi connectivity index (χ0v) is 17.8. The maximum Gasteiger partial charge on any atom is 0.266 e. The highest BCUT2D eigenvalue weighted by atomic mass is 79.9. The predicted molar refractivity (Wildman–Crippen MR) is 115 cm³/mol. The van der Waals surface area contributed by atoms with Crippen molar-refractivity contribution >= 4 is 34.2 Å². The third kappa shape index (κ3) is 4.86. The molecule has 0 spiro atoms. The molecular formula is C20H17BrClF2N3O3. The first-order valence-electron chi connectivity index (χ1n) is 8.43. The summed E-state index contributed by atoms with van der Waals surface area (Å²) in [5, 5.41) is 0. The van der Waals surface area contributed by atoms with Crippen molar-refractivity contribution in [3.05, 3.63) is 85.7 Å². The maximum atomic E-state index is 14.0. The van der Waals surface area contributed by atoms with E-state index < -0.39 is 23.1 Å². The molecule has 0 atom stereocenters. The molecule has 6 nitrogen and oxygen atoms in total. The van der Waals surface area contributed by atoms with Gasteiger partial charge in [-0.1, -0.05) is 12.1 Å². The van der Waals surface area contributed by atoms with Gasteiger partial charge in [0.1, 0.15) is 28.5 Å². The first-order chi connectivity index (χ1) is 13.8. The van der Waals surface area contributed by atoms with E-state index in [0.29, 0.717) is 16.8 Å². The molecule has 0 radical (unpaired) electrons. The average molecular weight is 501 g/mol. The molecule has 0 aliphatic rings. The van der Waals surface area contributed by atoms with Crippen LogP contribution in [-0.4, -0.2) is 10.9 Å². The van der Waals surface area contributed by atoms with Gasteiger partial charge in [-0.2, -0.15) is 0 Å². The van der Waals surface area contributed by atoms with E-state index in [1.165, 1.54) is 12.1 Å². The monoisotopic (exact) mass is 499 g/mol. The van der Waals surface area contributed by atoms with Gasteiger partial charge in [0, 0.05) is 35.0 Å². The zero-order valence-electron chi connectivity index (χ0n) is 15.4. The fourth-order valence-corrected chi connectivity index (χ4v) is 3.23. The van der Waals surface area contributed by atoms with Crippen LogP contribution in [0.4, 0.5) is 8.78 Å². The number of carbonyl (C=O) groups is 1. The molecule has 0 saturated carbocycles. The molecule has 30 heavy (non-hydrogen) atoms. The van der Waals surface area contributed by atoms with Crippen molar-refractivity contribution in [3.8, 4) is 16.9 Å². The number of aromatic nitrogens is 1. The van der Waals surface area contributed by atoms with Gasteiger partial charge < -0.3 is 21.2 Å². The number of primary amides is 1. The van der Waals surface area contributed by atoms with Crippen LogP contribution in [0.3, 0.4) is 0 Å². The number of amides is 1. The van der Waals surface area contributed by atoms with Crippen molar-refractivity contribution in [3.63, 3.8) is 0 Å². The summed E-state index contributed by atoms with van der Waals surface area (Å²) in [5.41, 5.74) is 12.3. The van der Waals surface area contributed by atoms with E-state index in [4.69, 9.17) is 16.2 Å². The van der Waals surface area contributed by atoms with Gasteiger partial charge in [0.05, 0.1) is 0 Å². The molecule has 5 N–H and O–H groups in total. The summed E-state index contributed by atoms with van der Waals surface area (Å²) in [6.45, 7) is -0.291. The van der Waals surface area contributed by atoms with Crippen molar-refractivity contribution in [2.75, 3.05) is 0 Å². The molecule has 0 aliphatic carbocycles. The molecule has 1 amide bonds. The molecular weight excluding hydrogens is 484 g/mol. The van der Waals surface area contributed by atoms with E-state index in [9.17, 15) is 18.4 Å². The Morgan fingerprint density at radius 1 is 1.17 bits per heavy atom. The number of nitrogens with two attached hydrogens (primary N) is 2. The highest BCUT2D eigenvalue weighted by molar-refractivity contribution is 9.10. The van der Waals surface area contributed by atoms with Crippen LogP contribution in [0.25, 0.3) is 11.1 Å². The number of hydrogen-bond acceptors (Lipinski definition) is 4. The lowest BCUT2D eigenvalue weighted by Crippen LogP contribution is -2.17. The lowest BCUT2D eigenvalue weighted by atomic mass is 10.00. The van der Waals surface area contributed by atoms with Crippen LogP contribution in [0.2, 0.25) is 0 Å². The lowest BCUT2D eigenvalue weighted by molar-refractivity contribution is 0.100. The van der Waals surface area contributed by atoms with Gasteiger partial charge in [-0.3, -0.25) is 9.59 Å². The van der Waals surface area contributed by atoms with Crippen LogP contribution in [0.1, 0.15) is 21.6 Å². The minimum absolute atomic E-state index is 0. The second kappa shape index (κ2) is 9.84. The minimum Gasteiger partial charge on any atom is -0.487 e. The molecule has 158 valence electrons. The highest BCUT2D eigenvalue weighted by Gasteiger charge is 2.20. The summed E-state index contributed by atoms with van der Waals surface area (Å²) in [7, 11) is 0. The third-order valence-electron chi connectivity index (χ3n) is 4.22. The first-order valence-corrected chi connectivity index (χ1v) is 9.22. The standard InChI is InChI=1S/C20H16BrF2N3O3.ClH/c21-17-18(29-9-12-4-5-13(22)7-14(12)23)16(15(8-24)26-20(17)28)10-2-1-3-11(6-10)19(25)27;/h1-7H,8-9,24H2,(H2,25,27)(H,26,28);1H. The summed E-state index contributed by atoms with van der Waals surface area (Å²) in [6, 6.07) is 9.50. The number of rotatable bonds is 6. The van der Waals surface area contributed by atoms with Crippen LogP contribution in [0, 0.1) is 11.6 Å². The second-order valence-corrected chi connectivity index (χ2v) is 6.92. The number of nitrogens with one attached hydrogen (secondary N) is 1. The Bertz CT molecular complexity index is 1150. The van der Waals surface area contributed by atoms with Crippen LogP contribution >= 0.6 is 28.3 Å². The molecule has 0 fully saturated rings. The number of halogens is 4. The van der Waals surface area contributed by atoms with E-state index in [0.717, 1.165) is 12.1 Å². The topological polar surface area (TPSA) is 111 Å². The normalized spacial score (nSPS) is 10.4. The summed E-state index contributed by atoms with van der Waals surface area (Å²) in [5.74, 6) is -2.00. The molecule has 3 rings (SSSR count). The molecule has 0 unspecified atom stereocenters. The molecule has 1 heterocycles. The fourth-order valence-electron chi connectivity index (χ4n) is 2.81. The predicted octanol–water partition coefficient (Wildman–Crippen LogP) is 3.64. The van der Waals surface area contributed by atoms with Gasteiger partial charge in [0.15, 0.2) is 0 Å². The number of ether oxygens (including phenoxy) is 1. The Hall–Kier alpha value is -2.75. The number of pyridine rings is 1. The molecule has 0 saturated heterocycles. The fraction of sp³-hybridized carbons (Fsp3) is 0.100. The largest absolute Gasteiger partial charge is 0.487 e. The van der Waals surface area contributed by atoms with Crippen molar-refractivity contribution < 1.29 is 18.3 Å². The van der Waals surface area contributed by atoms with Crippen LogP contribution < -0.4 is 21.8 Å². The van der Waals surface area contributed by atoms with Gasteiger partial charge in [-0.25, -0.2) is 8.78 Å². The van der Waals surface area contributed by atoms with Gasteiger partial charge in [0.2, 0.25) is 5.91 Å². The summed E-state index contributed by atoms with van der Waals surface area (Å²) in [4.78, 5) is 26.5. The van der Waals surface area contributed by atoms with Gasteiger partial charge in [-0.15, -0.1) is 12.4 Å².